The smallest absolute Gasteiger partial charge is 0.340 e. The summed E-state index contributed by atoms with van der Waals surface area (Å²) < 4.78 is 26.5. The Hall–Kier alpha value is -1.19. The highest BCUT2D eigenvalue weighted by atomic mass is 32.2. The number of hydrogen-bond acceptors (Lipinski definition) is 5. The fraction of sp³-hybridized carbons (Fsp3) is 0.333. The minimum Gasteiger partial charge on any atom is -0.478 e. The second-order valence-electron chi connectivity index (χ2n) is 2.77. The number of nitrogens with zero attached hydrogens (tertiary/aromatic N) is 2. The van der Waals surface area contributed by atoms with Crippen LogP contribution in [0.15, 0.2) is 0 Å². The Morgan fingerprint density at radius 3 is 2.53 bits per heavy atom. The molecule has 1 aromatic rings. The van der Waals surface area contributed by atoms with Crippen LogP contribution < -0.4 is 9.44 Å². The zero-order valence-corrected chi connectivity index (χ0v) is 9.59. The molecule has 15 heavy (non-hydrogen) atoms. The monoisotopic (exact) mass is 251 g/mol. The molecule has 0 saturated heterocycles. The third-order valence-electron chi connectivity index (χ3n) is 1.73. The van der Waals surface area contributed by atoms with E-state index in [9.17, 15) is 13.2 Å². The lowest BCUT2D eigenvalue weighted by atomic mass is 10.2. The summed E-state index contributed by atoms with van der Waals surface area (Å²) in [7, 11) is -2.78. The maximum Gasteiger partial charge on any atom is 0.340 e. The maximum atomic E-state index is 11.0. The van der Waals surface area contributed by atoms with Gasteiger partial charge in [0.25, 0.3) is 10.2 Å². The quantitative estimate of drug-likeness (QED) is 0.771. The van der Waals surface area contributed by atoms with E-state index in [1.165, 1.54) is 14.0 Å². The Balaban J connectivity index is 3.33. The van der Waals surface area contributed by atoms with Crippen molar-refractivity contribution in [2.45, 2.75) is 6.92 Å². The van der Waals surface area contributed by atoms with Crippen molar-refractivity contribution in [1.82, 2.24) is 4.37 Å². The highest BCUT2D eigenvalue weighted by molar-refractivity contribution is 7.90. The number of rotatable bonds is 3. The molecule has 7 nitrogen and oxygen atoms in total. The molecule has 1 aromatic heterocycles. The number of anilines is 1. The van der Waals surface area contributed by atoms with Crippen molar-refractivity contribution in [2.75, 3.05) is 11.4 Å². The van der Waals surface area contributed by atoms with Crippen molar-refractivity contribution in [3.05, 3.63) is 11.3 Å². The van der Waals surface area contributed by atoms with Crippen LogP contribution in [0.2, 0.25) is 0 Å². The molecule has 0 fully saturated rings. The van der Waals surface area contributed by atoms with Crippen LogP contribution in [0.1, 0.15) is 16.1 Å². The topological polar surface area (TPSA) is 114 Å². The van der Waals surface area contributed by atoms with Crippen LogP contribution in [0, 0.1) is 6.92 Å². The van der Waals surface area contributed by atoms with E-state index in [2.05, 4.69) is 4.37 Å². The van der Waals surface area contributed by atoms with Crippen molar-refractivity contribution in [3.63, 3.8) is 0 Å². The lowest BCUT2D eigenvalue weighted by Crippen LogP contribution is -2.33. The molecule has 1 heterocycles. The third-order valence-corrected chi connectivity index (χ3v) is 3.80. The van der Waals surface area contributed by atoms with Crippen LogP contribution >= 0.6 is 11.5 Å². The first-order valence-corrected chi connectivity index (χ1v) is 5.99. The summed E-state index contributed by atoms with van der Waals surface area (Å²) in [5.41, 5.74) is 0.120. The van der Waals surface area contributed by atoms with Crippen LogP contribution in [-0.2, 0) is 10.2 Å². The molecule has 0 aliphatic heterocycles. The number of aryl methyl sites for hydroxylation is 1. The molecule has 9 heteroatoms. The number of carboxylic acids is 1. The number of carboxylic acid groups (broad SMARTS) is 1. The SMILES string of the molecule is Cc1nsc(N(C)S(N)(=O)=O)c1C(=O)O. The van der Waals surface area contributed by atoms with E-state index < -0.39 is 16.2 Å². The van der Waals surface area contributed by atoms with Crippen molar-refractivity contribution in [1.29, 1.82) is 0 Å². The molecule has 84 valence electrons. The first kappa shape index (κ1) is 11.9. The third kappa shape index (κ3) is 2.25. The summed E-state index contributed by atoms with van der Waals surface area (Å²) in [6.45, 7) is 1.49. The molecule has 0 aromatic carbocycles. The summed E-state index contributed by atoms with van der Waals surface area (Å²) in [5, 5.41) is 13.7. The molecular weight excluding hydrogens is 242 g/mol. The van der Waals surface area contributed by atoms with Gasteiger partial charge in [-0.05, 0) is 18.5 Å². The number of nitrogens with two attached hydrogens (primary N) is 1. The number of hydrogen-bond donors (Lipinski definition) is 2. The van der Waals surface area contributed by atoms with Crippen molar-refractivity contribution >= 4 is 32.7 Å². The van der Waals surface area contributed by atoms with E-state index in [1.807, 2.05) is 0 Å². The molecule has 0 bridgehead atoms. The van der Waals surface area contributed by atoms with Crippen LogP contribution in [0.4, 0.5) is 5.00 Å². The van der Waals surface area contributed by atoms with Gasteiger partial charge in [-0.1, -0.05) is 0 Å². The van der Waals surface area contributed by atoms with Crippen LogP contribution in [0.3, 0.4) is 0 Å². The molecule has 0 saturated carbocycles. The molecule has 0 radical (unpaired) electrons. The van der Waals surface area contributed by atoms with Crippen LogP contribution in [-0.4, -0.2) is 30.9 Å². The Morgan fingerprint density at radius 1 is 1.60 bits per heavy atom. The summed E-state index contributed by atoms with van der Waals surface area (Å²) in [4.78, 5) is 10.8. The van der Waals surface area contributed by atoms with Crippen LogP contribution in [0.5, 0.6) is 0 Å². The Labute approximate surface area is 90.5 Å². The van der Waals surface area contributed by atoms with E-state index >= 15 is 0 Å². The van der Waals surface area contributed by atoms with Gasteiger partial charge in [-0.15, -0.1) is 0 Å². The summed E-state index contributed by atoms with van der Waals surface area (Å²) in [5.74, 6) is -1.23. The molecular formula is C6H9N3O4S2. The van der Waals surface area contributed by atoms with Gasteiger partial charge in [-0.2, -0.15) is 12.8 Å². The predicted octanol–water partition coefficient (Wildman–Crippen LogP) is -0.211. The molecule has 0 aliphatic carbocycles. The predicted molar refractivity (Wildman–Crippen MR) is 55.3 cm³/mol. The number of aromatic carboxylic acids is 1. The van der Waals surface area contributed by atoms with Crippen molar-refractivity contribution in [3.8, 4) is 0 Å². The Kier molecular flexibility index (Phi) is 2.98. The molecule has 0 unspecified atom stereocenters. The largest absolute Gasteiger partial charge is 0.478 e. The van der Waals surface area contributed by atoms with Gasteiger partial charge in [0.15, 0.2) is 0 Å². The summed E-state index contributed by atoms with van der Waals surface area (Å²) >= 11 is 0.775. The van der Waals surface area contributed by atoms with Crippen molar-refractivity contribution in [2.24, 2.45) is 5.14 Å². The molecule has 3 N–H and O–H groups in total. The standard InChI is InChI=1S/C6H9N3O4S2/c1-3-4(6(10)11)5(14-8-3)9(2)15(7,12)13/h1-2H3,(H,10,11)(H2,7,12,13). The number of carbonyl (C=O) groups is 1. The van der Waals surface area contributed by atoms with Gasteiger partial charge in [0.2, 0.25) is 0 Å². The molecule has 0 atom stereocenters. The molecule has 0 amide bonds. The normalized spacial score (nSPS) is 11.4. The highest BCUT2D eigenvalue weighted by Crippen LogP contribution is 2.28. The average molecular weight is 251 g/mol. The van der Waals surface area contributed by atoms with Gasteiger partial charge in [0, 0.05) is 7.05 Å². The van der Waals surface area contributed by atoms with Gasteiger partial charge in [-0.3, -0.25) is 0 Å². The summed E-state index contributed by atoms with van der Waals surface area (Å²) in [6, 6.07) is 0. The molecule has 0 spiro atoms. The van der Waals surface area contributed by atoms with Gasteiger partial charge >= 0.3 is 5.97 Å². The zero-order chi connectivity index (χ0) is 11.8. The van der Waals surface area contributed by atoms with E-state index in [1.54, 1.807) is 0 Å². The maximum absolute atomic E-state index is 11.0. The van der Waals surface area contributed by atoms with E-state index in [0.29, 0.717) is 4.31 Å². The molecule has 0 aliphatic rings. The van der Waals surface area contributed by atoms with Gasteiger partial charge in [0.05, 0.1) is 5.69 Å². The Bertz CT molecular complexity index is 492. The van der Waals surface area contributed by atoms with Gasteiger partial charge in [0.1, 0.15) is 10.6 Å². The van der Waals surface area contributed by atoms with Crippen molar-refractivity contribution < 1.29 is 18.3 Å². The van der Waals surface area contributed by atoms with Gasteiger partial charge in [-0.25, -0.2) is 14.2 Å². The first-order chi connectivity index (χ1) is 6.75. The lowest BCUT2D eigenvalue weighted by molar-refractivity contribution is 0.0697. The highest BCUT2D eigenvalue weighted by Gasteiger charge is 2.24. The van der Waals surface area contributed by atoms with E-state index in [4.69, 9.17) is 10.2 Å². The second kappa shape index (κ2) is 3.76. The van der Waals surface area contributed by atoms with Crippen LogP contribution in [0.25, 0.3) is 0 Å². The lowest BCUT2D eigenvalue weighted by Gasteiger charge is -2.13. The second-order valence-corrected chi connectivity index (χ2v) is 5.10. The average Bonchev–Trinajstić information content (AvgIpc) is 2.43. The fourth-order valence-electron chi connectivity index (χ4n) is 0.934. The van der Waals surface area contributed by atoms with E-state index in [-0.39, 0.29) is 16.3 Å². The first-order valence-electron chi connectivity index (χ1n) is 3.71. The van der Waals surface area contributed by atoms with Gasteiger partial charge < -0.3 is 5.11 Å². The minimum atomic E-state index is -3.96. The Morgan fingerprint density at radius 2 is 2.13 bits per heavy atom. The molecule has 1 rings (SSSR count). The minimum absolute atomic E-state index is 0.00231. The summed E-state index contributed by atoms with van der Waals surface area (Å²) in [6.07, 6.45) is 0. The number of aromatic nitrogens is 1. The zero-order valence-electron chi connectivity index (χ0n) is 7.96. The van der Waals surface area contributed by atoms with E-state index in [0.717, 1.165) is 11.5 Å². The fourth-order valence-corrected chi connectivity index (χ4v) is 2.42.